The summed E-state index contributed by atoms with van der Waals surface area (Å²) < 4.78 is 5.32. The first-order chi connectivity index (χ1) is 12.6. The number of carbonyl (C=O) groups is 2. The average molecular weight is 350 g/mol. The number of carbonyl (C=O) groups excluding carboxylic acids is 2. The summed E-state index contributed by atoms with van der Waals surface area (Å²) in [5, 5.41) is 2.96. The second-order valence-electron chi connectivity index (χ2n) is 6.97. The van der Waals surface area contributed by atoms with Crippen molar-refractivity contribution in [2.75, 3.05) is 25.5 Å². The lowest BCUT2D eigenvalue weighted by Crippen LogP contribution is -2.39. The van der Waals surface area contributed by atoms with Crippen LogP contribution in [0.2, 0.25) is 0 Å². The van der Waals surface area contributed by atoms with Gasteiger partial charge in [0, 0.05) is 24.3 Å². The van der Waals surface area contributed by atoms with Crippen LogP contribution in [0.1, 0.15) is 34.8 Å². The van der Waals surface area contributed by atoms with Crippen molar-refractivity contribution < 1.29 is 14.3 Å². The van der Waals surface area contributed by atoms with Crippen molar-refractivity contribution in [1.29, 1.82) is 0 Å². The highest BCUT2D eigenvalue weighted by Crippen LogP contribution is 2.45. The third-order valence-electron chi connectivity index (χ3n) is 5.59. The number of nitrogens with zero attached hydrogens (tertiary/aromatic N) is 1. The van der Waals surface area contributed by atoms with Crippen LogP contribution in [0.5, 0.6) is 5.75 Å². The van der Waals surface area contributed by atoms with Crippen molar-refractivity contribution >= 4 is 17.5 Å². The zero-order valence-electron chi connectivity index (χ0n) is 15.0. The fourth-order valence-electron chi connectivity index (χ4n) is 3.97. The van der Waals surface area contributed by atoms with Gasteiger partial charge in [-0.15, -0.1) is 0 Å². The number of nitrogens with one attached hydrogen (secondary N) is 1. The highest BCUT2D eigenvalue weighted by molar-refractivity contribution is 6.07. The van der Waals surface area contributed by atoms with Gasteiger partial charge in [-0.25, -0.2) is 0 Å². The predicted octanol–water partition coefficient (Wildman–Crippen LogP) is 2.99. The van der Waals surface area contributed by atoms with Gasteiger partial charge in [0.15, 0.2) is 0 Å². The van der Waals surface area contributed by atoms with Crippen LogP contribution in [0, 0.1) is 0 Å². The molecule has 1 fully saturated rings. The van der Waals surface area contributed by atoms with Gasteiger partial charge >= 0.3 is 0 Å². The van der Waals surface area contributed by atoms with E-state index >= 15 is 0 Å². The Bertz CT molecular complexity index is 875. The smallest absolute Gasteiger partial charge is 0.253 e. The molecule has 0 aliphatic carbocycles. The number of aryl methyl sites for hydroxylation is 1. The largest absolute Gasteiger partial charge is 0.497 e. The summed E-state index contributed by atoms with van der Waals surface area (Å²) in [6.07, 6.45) is 1.57. The van der Waals surface area contributed by atoms with E-state index in [0.29, 0.717) is 25.1 Å². The van der Waals surface area contributed by atoms with E-state index in [-0.39, 0.29) is 11.8 Å². The van der Waals surface area contributed by atoms with E-state index in [0.717, 1.165) is 23.4 Å². The number of hydrogen-bond acceptors (Lipinski definition) is 3. The molecule has 2 aliphatic rings. The minimum Gasteiger partial charge on any atom is -0.497 e. The SMILES string of the molecule is CCc1ccc(C(=O)N2CC[C@]3(C2)C(=O)Nc2ccc(OC)cc23)cc1. The highest BCUT2D eigenvalue weighted by Gasteiger charge is 2.52. The molecule has 2 aromatic carbocycles. The summed E-state index contributed by atoms with van der Waals surface area (Å²) in [5.41, 5.74) is 2.94. The Hall–Kier alpha value is -2.82. The molecule has 26 heavy (non-hydrogen) atoms. The maximum atomic E-state index is 12.9. The number of likely N-dealkylation sites (tertiary alicyclic amines) is 1. The Balaban J connectivity index is 1.62. The molecule has 2 aromatic rings. The van der Waals surface area contributed by atoms with Gasteiger partial charge in [0.25, 0.3) is 5.91 Å². The number of methoxy groups -OCH3 is 1. The second-order valence-corrected chi connectivity index (χ2v) is 6.97. The molecule has 1 spiro atoms. The number of anilines is 1. The summed E-state index contributed by atoms with van der Waals surface area (Å²) in [6, 6.07) is 13.3. The molecule has 0 bridgehead atoms. The first kappa shape index (κ1) is 16.6. The molecule has 5 nitrogen and oxygen atoms in total. The van der Waals surface area contributed by atoms with Crippen LogP contribution >= 0.6 is 0 Å². The monoisotopic (exact) mass is 350 g/mol. The van der Waals surface area contributed by atoms with Gasteiger partial charge in [-0.2, -0.15) is 0 Å². The lowest BCUT2D eigenvalue weighted by Gasteiger charge is -2.23. The van der Waals surface area contributed by atoms with E-state index < -0.39 is 5.41 Å². The molecule has 1 atom stereocenters. The van der Waals surface area contributed by atoms with Crippen LogP contribution in [-0.4, -0.2) is 36.9 Å². The summed E-state index contributed by atoms with van der Waals surface area (Å²) in [5.74, 6) is 0.672. The normalized spacial score (nSPS) is 21.0. The molecule has 4 rings (SSSR count). The maximum Gasteiger partial charge on any atom is 0.253 e. The molecule has 2 aliphatic heterocycles. The molecule has 1 saturated heterocycles. The number of rotatable bonds is 3. The summed E-state index contributed by atoms with van der Waals surface area (Å²) in [4.78, 5) is 27.4. The molecule has 2 amide bonds. The van der Waals surface area contributed by atoms with E-state index in [1.165, 1.54) is 5.56 Å². The van der Waals surface area contributed by atoms with Crippen LogP contribution in [0.3, 0.4) is 0 Å². The molecule has 134 valence electrons. The molecule has 0 radical (unpaired) electrons. The Morgan fingerprint density at radius 2 is 2.00 bits per heavy atom. The Morgan fingerprint density at radius 3 is 2.69 bits per heavy atom. The topological polar surface area (TPSA) is 58.6 Å². The second kappa shape index (κ2) is 6.16. The molecular weight excluding hydrogens is 328 g/mol. The molecule has 2 heterocycles. The number of ether oxygens (including phenoxy) is 1. The standard InChI is InChI=1S/C21H22N2O3/c1-3-14-4-6-15(7-5-14)19(24)23-11-10-21(13-23)17-12-16(26-2)8-9-18(17)22-20(21)25/h4-9,12H,3,10-11,13H2,1-2H3,(H,22,25)/t21-/m1/s1. The van der Waals surface area contributed by atoms with Crippen LogP contribution in [0.15, 0.2) is 42.5 Å². The Morgan fingerprint density at radius 1 is 1.23 bits per heavy atom. The maximum absolute atomic E-state index is 12.9. The summed E-state index contributed by atoms with van der Waals surface area (Å²) >= 11 is 0. The highest BCUT2D eigenvalue weighted by atomic mass is 16.5. The molecule has 5 heteroatoms. The van der Waals surface area contributed by atoms with Gasteiger partial charge in [-0.05, 0) is 54.3 Å². The van der Waals surface area contributed by atoms with Gasteiger partial charge in [0.05, 0.1) is 12.5 Å². The molecular formula is C21H22N2O3. The minimum absolute atomic E-state index is 0.0197. The van der Waals surface area contributed by atoms with Gasteiger partial charge in [0.2, 0.25) is 5.91 Å². The average Bonchev–Trinajstić information content (AvgIpc) is 3.24. The first-order valence-corrected chi connectivity index (χ1v) is 8.95. The lowest BCUT2D eigenvalue weighted by molar-refractivity contribution is -0.120. The third kappa shape index (κ3) is 2.46. The van der Waals surface area contributed by atoms with Crippen molar-refractivity contribution in [1.82, 2.24) is 4.90 Å². The number of benzene rings is 2. The fourth-order valence-corrected chi connectivity index (χ4v) is 3.97. The summed E-state index contributed by atoms with van der Waals surface area (Å²) in [7, 11) is 1.61. The quantitative estimate of drug-likeness (QED) is 0.926. The molecule has 0 saturated carbocycles. The Labute approximate surface area is 153 Å². The number of amides is 2. The van der Waals surface area contributed by atoms with Gasteiger partial charge in [0.1, 0.15) is 5.75 Å². The van der Waals surface area contributed by atoms with Crippen molar-refractivity contribution in [3.8, 4) is 5.75 Å². The minimum atomic E-state index is -0.678. The van der Waals surface area contributed by atoms with Gasteiger partial charge in [-0.3, -0.25) is 9.59 Å². The summed E-state index contributed by atoms with van der Waals surface area (Å²) in [6.45, 7) is 3.05. The molecule has 0 unspecified atom stereocenters. The van der Waals surface area contributed by atoms with E-state index in [4.69, 9.17) is 4.74 Å². The van der Waals surface area contributed by atoms with Crippen molar-refractivity contribution in [2.24, 2.45) is 0 Å². The van der Waals surface area contributed by atoms with Crippen molar-refractivity contribution in [3.05, 3.63) is 59.2 Å². The van der Waals surface area contributed by atoms with Crippen molar-refractivity contribution in [3.63, 3.8) is 0 Å². The van der Waals surface area contributed by atoms with E-state index in [9.17, 15) is 9.59 Å². The van der Waals surface area contributed by atoms with Crippen LogP contribution < -0.4 is 10.1 Å². The zero-order valence-corrected chi connectivity index (χ0v) is 15.0. The zero-order chi connectivity index (χ0) is 18.3. The molecule has 0 aromatic heterocycles. The van der Waals surface area contributed by atoms with Crippen molar-refractivity contribution in [2.45, 2.75) is 25.2 Å². The number of hydrogen-bond donors (Lipinski definition) is 1. The third-order valence-corrected chi connectivity index (χ3v) is 5.59. The number of fused-ring (bicyclic) bond motifs is 2. The Kier molecular flexibility index (Phi) is 3.94. The van der Waals surface area contributed by atoms with Crippen LogP contribution in [0.4, 0.5) is 5.69 Å². The lowest BCUT2D eigenvalue weighted by atomic mass is 9.81. The molecule has 1 N–H and O–H groups in total. The van der Waals surface area contributed by atoms with E-state index in [1.54, 1.807) is 12.0 Å². The fraction of sp³-hybridized carbons (Fsp3) is 0.333. The van der Waals surface area contributed by atoms with E-state index in [2.05, 4.69) is 12.2 Å². The first-order valence-electron chi connectivity index (χ1n) is 8.95. The van der Waals surface area contributed by atoms with E-state index in [1.807, 2.05) is 42.5 Å². The van der Waals surface area contributed by atoms with Gasteiger partial charge < -0.3 is 15.0 Å². The van der Waals surface area contributed by atoms with Gasteiger partial charge in [-0.1, -0.05) is 19.1 Å². The predicted molar refractivity (Wildman–Crippen MR) is 99.6 cm³/mol. The van der Waals surface area contributed by atoms with Crippen LogP contribution in [0.25, 0.3) is 0 Å². The van der Waals surface area contributed by atoms with Crippen LogP contribution in [-0.2, 0) is 16.6 Å².